The molecule has 0 aliphatic carbocycles. The fourth-order valence-electron chi connectivity index (χ4n) is 0.902. The Morgan fingerprint density at radius 3 is 1.80 bits per heavy atom. The van der Waals surface area contributed by atoms with E-state index in [1.54, 1.807) is 0 Å². The van der Waals surface area contributed by atoms with E-state index in [2.05, 4.69) is 26.5 Å². The van der Waals surface area contributed by atoms with Gasteiger partial charge in [-0.3, -0.25) is 0 Å². The topological polar surface area (TPSA) is 0 Å². The second-order valence-electron chi connectivity index (χ2n) is 2.69. The first kappa shape index (κ1) is 9.22. The summed E-state index contributed by atoms with van der Waals surface area (Å²) in [6.45, 7) is 12.1. The standard InChI is InChI=1S/C10H16/c1-6-7-10(8(2)3)9(4)5/h6-7H,2H2,1,3-5H3. The molecule has 0 N–H and O–H groups in total. The van der Waals surface area contributed by atoms with Crippen LogP contribution in [0.5, 0.6) is 0 Å². The van der Waals surface area contributed by atoms with Gasteiger partial charge in [-0.25, -0.2) is 0 Å². The van der Waals surface area contributed by atoms with Crippen molar-refractivity contribution < 1.29 is 0 Å². The summed E-state index contributed by atoms with van der Waals surface area (Å²) < 4.78 is 0. The highest BCUT2D eigenvalue weighted by Gasteiger charge is 1.93. The van der Waals surface area contributed by atoms with Crippen LogP contribution < -0.4 is 0 Å². The summed E-state index contributed by atoms with van der Waals surface area (Å²) in [7, 11) is 0. The fourth-order valence-corrected chi connectivity index (χ4v) is 0.902. The van der Waals surface area contributed by atoms with E-state index in [0.717, 1.165) is 5.57 Å². The first-order valence-electron chi connectivity index (χ1n) is 3.55. The molecule has 56 valence electrons. The lowest BCUT2D eigenvalue weighted by atomic mass is 10.0. The highest BCUT2D eigenvalue weighted by atomic mass is 14.0. The molecular formula is C10H16. The Kier molecular flexibility index (Phi) is 3.78. The van der Waals surface area contributed by atoms with Gasteiger partial charge in [0.2, 0.25) is 0 Å². The van der Waals surface area contributed by atoms with Gasteiger partial charge in [-0.15, -0.1) is 0 Å². The first-order chi connectivity index (χ1) is 4.59. The van der Waals surface area contributed by atoms with E-state index >= 15 is 0 Å². The van der Waals surface area contributed by atoms with Crippen LogP contribution in [-0.4, -0.2) is 0 Å². The molecule has 0 atom stereocenters. The SMILES string of the molecule is C=C(C)C(C=CC)=C(C)C. The second-order valence-corrected chi connectivity index (χ2v) is 2.69. The molecule has 0 unspecified atom stereocenters. The number of hydrogen-bond acceptors (Lipinski definition) is 0. The Morgan fingerprint density at radius 2 is 1.70 bits per heavy atom. The molecular weight excluding hydrogens is 120 g/mol. The third-order valence-corrected chi connectivity index (χ3v) is 1.33. The summed E-state index contributed by atoms with van der Waals surface area (Å²) in [5, 5.41) is 0. The third kappa shape index (κ3) is 2.67. The minimum absolute atomic E-state index is 1.14. The molecule has 0 bridgehead atoms. The lowest BCUT2D eigenvalue weighted by molar-refractivity contribution is 1.29. The first-order valence-corrected chi connectivity index (χ1v) is 3.55. The summed E-state index contributed by atoms with van der Waals surface area (Å²) in [6.07, 6.45) is 4.13. The van der Waals surface area contributed by atoms with Gasteiger partial charge in [0, 0.05) is 0 Å². The van der Waals surface area contributed by atoms with Crippen molar-refractivity contribution in [1.82, 2.24) is 0 Å². The Balaban J connectivity index is 4.61. The predicted octanol–water partition coefficient (Wildman–Crippen LogP) is 3.48. The number of allylic oxidation sites excluding steroid dienone is 5. The van der Waals surface area contributed by atoms with Gasteiger partial charge in [-0.1, -0.05) is 29.9 Å². The van der Waals surface area contributed by atoms with Crippen LogP contribution in [0.25, 0.3) is 0 Å². The van der Waals surface area contributed by atoms with Crippen LogP contribution in [0.3, 0.4) is 0 Å². The van der Waals surface area contributed by atoms with E-state index in [-0.39, 0.29) is 0 Å². The van der Waals surface area contributed by atoms with Crippen molar-refractivity contribution in [3.63, 3.8) is 0 Å². The average Bonchev–Trinajstić information content (AvgIpc) is 1.81. The lowest BCUT2D eigenvalue weighted by Crippen LogP contribution is -1.81. The van der Waals surface area contributed by atoms with Crippen molar-refractivity contribution in [3.8, 4) is 0 Å². The molecule has 0 spiro atoms. The Labute approximate surface area is 64.0 Å². The maximum atomic E-state index is 3.89. The second kappa shape index (κ2) is 4.10. The zero-order valence-corrected chi connectivity index (χ0v) is 7.36. The van der Waals surface area contributed by atoms with Crippen LogP contribution in [0.15, 0.2) is 35.5 Å². The number of hydrogen-bond donors (Lipinski definition) is 0. The zero-order chi connectivity index (χ0) is 8.15. The third-order valence-electron chi connectivity index (χ3n) is 1.33. The zero-order valence-electron chi connectivity index (χ0n) is 7.36. The maximum absolute atomic E-state index is 3.89. The van der Waals surface area contributed by atoms with Crippen LogP contribution in [0, 0.1) is 0 Å². The largest absolute Gasteiger partial charge is 0.0955 e. The van der Waals surface area contributed by atoms with E-state index in [0.29, 0.717) is 0 Å². The fraction of sp³-hybridized carbons (Fsp3) is 0.400. The number of rotatable bonds is 2. The normalized spacial score (nSPS) is 10.0. The molecule has 0 aromatic carbocycles. The van der Waals surface area contributed by atoms with E-state index < -0.39 is 0 Å². The van der Waals surface area contributed by atoms with Gasteiger partial charge in [0.25, 0.3) is 0 Å². The van der Waals surface area contributed by atoms with Crippen molar-refractivity contribution in [3.05, 3.63) is 35.5 Å². The molecule has 10 heavy (non-hydrogen) atoms. The Morgan fingerprint density at radius 1 is 1.20 bits per heavy atom. The Bertz CT molecular complexity index is 176. The molecule has 0 aliphatic heterocycles. The smallest absolute Gasteiger partial charge is 0.0250 e. The van der Waals surface area contributed by atoms with Crippen LogP contribution in [0.1, 0.15) is 27.7 Å². The van der Waals surface area contributed by atoms with Crippen molar-refractivity contribution in [2.24, 2.45) is 0 Å². The molecule has 0 rings (SSSR count). The van der Waals surface area contributed by atoms with Crippen molar-refractivity contribution in [2.45, 2.75) is 27.7 Å². The van der Waals surface area contributed by atoms with Crippen molar-refractivity contribution in [2.75, 3.05) is 0 Å². The lowest BCUT2D eigenvalue weighted by Gasteiger charge is -2.02. The molecule has 0 aromatic rings. The minimum atomic E-state index is 1.14. The van der Waals surface area contributed by atoms with Gasteiger partial charge in [0.1, 0.15) is 0 Å². The molecule has 0 heterocycles. The van der Waals surface area contributed by atoms with Crippen molar-refractivity contribution >= 4 is 0 Å². The van der Waals surface area contributed by atoms with Gasteiger partial charge in [-0.05, 0) is 33.3 Å². The molecule has 0 fully saturated rings. The maximum Gasteiger partial charge on any atom is -0.0250 e. The molecule has 0 heteroatoms. The van der Waals surface area contributed by atoms with Gasteiger partial charge in [0.05, 0.1) is 0 Å². The quantitative estimate of drug-likeness (QED) is 0.510. The molecule has 0 nitrogen and oxygen atoms in total. The van der Waals surface area contributed by atoms with Crippen LogP contribution in [-0.2, 0) is 0 Å². The van der Waals surface area contributed by atoms with E-state index in [1.807, 2.05) is 19.9 Å². The van der Waals surface area contributed by atoms with Gasteiger partial charge in [-0.2, -0.15) is 0 Å². The summed E-state index contributed by atoms with van der Waals surface area (Å²) in [4.78, 5) is 0. The molecule has 0 radical (unpaired) electrons. The molecule has 0 saturated carbocycles. The van der Waals surface area contributed by atoms with Gasteiger partial charge in [0.15, 0.2) is 0 Å². The van der Waals surface area contributed by atoms with Crippen LogP contribution >= 0.6 is 0 Å². The highest BCUT2D eigenvalue weighted by Crippen LogP contribution is 2.13. The van der Waals surface area contributed by atoms with Crippen LogP contribution in [0.4, 0.5) is 0 Å². The summed E-state index contributed by atoms with van der Waals surface area (Å²) in [5.74, 6) is 0. The molecule has 0 aliphatic rings. The molecule has 0 saturated heterocycles. The molecule has 0 amide bonds. The van der Waals surface area contributed by atoms with E-state index in [9.17, 15) is 0 Å². The molecule has 0 aromatic heterocycles. The predicted molar refractivity (Wildman–Crippen MR) is 48.0 cm³/mol. The van der Waals surface area contributed by atoms with E-state index in [4.69, 9.17) is 0 Å². The van der Waals surface area contributed by atoms with E-state index in [1.165, 1.54) is 11.1 Å². The summed E-state index contributed by atoms with van der Waals surface area (Å²) >= 11 is 0. The summed E-state index contributed by atoms with van der Waals surface area (Å²) in [6, 6.07) is 0. The average molecular weight is 136 g/mol. The van der Waals surface area contributed by atoms with Gasteiger partial charge < -0.3 is 0 Å². The highest BCUT2D eigenvalue weighted by molar-refractivity contribution is 5.39. The van der Waals surface area contributed by atoms with Crippen molar-refractivity contribution in [1.29, 1.82) is 0 Å². The Hall–Kier alpha value is -0.780. The minimum Gasteiger partial charge on any atom is -0.0955 e. The van der Waals surface area contributed by atoms with Crippen LogP contribution in [0.2, 0.25) is 0 Å². The monoisotopic (exact) mass is 136 g/mol. The summed E-state index contributed by atoms with van der Waals surface area (Å²) in [5.41, 5.74) is 3.73. The van der Waals surface area contributed by atoms with Gasteiger partial charge >= 0.3 is 0 Å².